The Labute approximate surface area is 240 Å². The summed E-state index contributed by atoms with van der Waals surface area (Å²) in [4.78, 5) is 0.392. The van der Waals surface area contributed by atoms with Crippen molar-refractivity contribution in [3.8, 4) is 33.8 Å². The zero-order chi connectivity index (χ0) is 29.2. The fourth-order valence-electron chi connectivity index (χ4n) is 4.42. The van der Waals surface area contributed by atoms with Gasteiger partial charge in [-0.3, -0.25) is 0 Å². The molecule has 0 aliphatic rings. The number of hydrogen-bond acceptors (Lipinski definition) is 8. The summed E-state index contributed by atoms with van der Waals surface area (Å²) < 4.78 is 48.5. The molecule has 0 atom stereocenters. The van der Waals surface area contributed by atoms with E-state index in [1.807, 2.05) is 36.4 Å². The lowest BCUT2D eigenvalue weighted by molar-refractivity contribution is 0.0804. The number of sulfone groups is 1. The van der Waals surface area contributed by atoms with Crippen LogP contribution in [0.15, 0.2) is 94.7 Å². The van der Waals surface area contributed by atoms with Crippen LogP contribution in [0.1, 0.15) is 11.1 Å². The van der Waals surface area contributed by atoms with Crippen LogP contribution in [0.5, 0.6) is 11.5 Å². The molecule has 2 N–H and O–H groups in total. The van der Waals surface area contributed by atoms with Crippen LogP contribution < -0.4 is 9.47 Å². The van der Waals surface area contributed by atoms with E-state index in [9.17, 15) is 8.42 Å². The zero-order valence-corrected chi connectivity index (χ0v) is 23.9. The maximum Gasteiger partial charge on any atom is 0.206 e. The second-order valence-corrected chi connectivity index (χ2v) is 11.1. The van der Waals surface area contributed by atoms with Gasteiger partial charge in [-0.05, 0) is 70.8 Å². The van der Waals surface area contributed by atoms with Crippen molar-refractivity contribution in [1.82, 2.24) is 0 Å². The number of aliphatic hydroxyl groups excluding tert-OH is 2. The number of methoxy groups -OCH3 is 2. The molecule has 4 rings (SSSR count). The van der Waals surface area contributed by atoms with Crippen molar-refractivity contribution in [3.05, 3.63) is 96.1 Å². The van der Waals surface area contributed by atoms with Crippen LogP contribution in [0.4, 0.5) is 0 Å². The summed E-state index contributed by atoms with van der Waals surface area (Å²) in [6.07, 6.45) is 0. The lowest BCUT2D eigenvalue weighted by atomic mass is 10.0. The Morgan fingerprint density at radius 3 is 1.27 bits per heavy atom. The van der Waals surface area contributed by atoms with Crippen LogP contribution in [-0.2, 0) is 32.5 Å². The Kier molecular flexibility index (Phi) is 10.5. The van der Waals surface area contributed by atoms with Crippen LogP contribution >= 0.6 is 0 Å². The molecular formula is C32H34O8S. The molecule has 0 aromatic heterocycles. The molecule has 0 radical (unpaired) electrons. The van der Waals surface area contributed by atoms with Gasteiger partial charge >= 0.3 is 0 Å². The number of hydrogen-bond donors (Lipinski definition) is 2. The quantitative estimate of drug-likeness (QED) is 0.204. The third-order valence-corrected chi connectivity index (χ3v) is 8.33. The molecule has 0 heterocycles. The summed E-state index contributed by atoms with van der Waals surface area (Å²) in [5, 5.41) is 18.0. The average molecular weight is 579 g/mol. The Morgan fingerprint density at radius 1 is 0.561 bits per heavy atom. The minimum atomic E-state index is -3.73. The number of ether oxygens (including phenoxy) is 4. The summed E-state index contributed by atoms with van der Waals surface area (Å²) in [7, 11) is -0.563. The summed E-state index contributed by atoms with van der Waals surface area (Å²) in [5.74, 6) is 1.35. The first-order valence-electron chi connectivity index (χ1n) is 13.1. The molecule has 4 aromatic carbocycles. The third kappa shape index (κ3) is 7.32. The van der Waals surface area contributed by atoms with E-state index in [1.54, 1.807) is 62.8 Å². The van der Waals surface area contributed by atoms with Gasteiger partial charge in [-0.25, -0.2) is 8.42 Å². The first-order chi connectivity index (χ1) is 19.9. The van der Waals surface area contributed by atoms with Crippen molar-refractivity contribution in [2.45, 2.75) is 23.0 Å². The molecule has 216 valence electrons. The van der Waals surface area contributed by atoms with Crippen LogP contribution in [-0.4, -0.2) is 59.3 Å². The van der Waals surface area contributed by atoms with E-state index in [-0.39, 0.29) is 49.4 Å². The van der Waals surface area contributed by atoms with Crippen LogP contribution in [0.2, 0.25) is 0 Å². The summed E-state index contributed by atoms with van der Waals surface area (Å²) in [6.45, 7) is 0.894. The second kappa shape index (κ2) is 14.2. The van der Waals surface area contributed by atoms with Gasteiger partial charge in [0.2, 0.25) is 9.84 Å². The molecule has 41 heavy (non-hydrogen) atoms. The molecule has 8 nitrogen and oxygen atoms in total. The van der Waals surface area contributed by atoms with E-state index < -0.39 is 9.84 Å². The highest BCUT2D eigenvalue weighted by atomic mass is 32.2. The Morgan fingerprint density at radius 2 is 0.927 bits per heavy atom. The van der Waals surface area contributed by atoms with E-state index in [0.29, 0.717) is 11.5 Å². The standard InChI is InChI=1S/C32H34O8S/c1-37-31-13-7-25(19-27(31)21-39-17-15-33)23-3-9-29(10-4-23)41(35,36)30-11-5-24(6-12-30)26-8-14-32(38-2)28(20-26)22-40-18-16-34/h3-14,19-20,33-34H,15-18,21-22H2,1-2H3. The number of benzene rings is 4. The molecule has 0 fully saturated rings. The number of aliphatic hydroxyl groups is 2. The average Bonchev–Trinajstić information content (AvgIpc) is 3.01. The normalized spacial score (nSPS) is 11.4. The van der Waals surface area contributed by atoms with E-state index in [4.69, 9.17) is 29.2 Å². The van der Waals surface area contributed by atoms with Crippen molar-refractivity contribution in [2.24, 2.45) is 0 Å². The Hall–Kier alpha value is -3.73. The Balaban J connectivity index is 1.53. The minimum Gasteiger partial charge on any atom is -0.496 e. The monoisotopic (exact) mass is 578 g/mol. The SMILES string of the molecule is COc1ccc(-c2ccc(S(=O)(=O)c3ccc(-c4ccc(OC)c(COCCO)c4)cc3)cc2)cc1COCCO. The largest absolute Gasteiger partial charge is 0.496 e. The lowest BCUT2D eigenvalue weighted by Gasteiger charge is -2.12. The van der Waals surface area contributed by atoms with Gasteiger partial charge in [0.25, 0.3) is 0 Å². The molecule has 4 aromatic rings. The summed E-state index contributed by atoms with van der Waals surface area (Å²) >= 11 is 0. The molecule has 0 saturated heterocycles. The lowest BCUT2D eigenvalue weighted by Crippen LogP contribution is -2.02. The van der Waals surface area contributed by atoms with Crippen molar-refractivity contribution < 1.29 is 37.6 Å². The van der Waals surface area contributed by atoms with Gasteiger partial charge in [0.15, 0.2) is 0 Å². The van der Waals surface area contributed by atoms with E-state index in [2.05, 4.69) is 0 Å². The first-order valence-corrected chi connectivity index (χ1v) is 14.6. The predicted molar refractivity (Wildman–Crippen MR) is 156 cm³/mol. The maximum absolute atomic E-state index is 13.4. The molecule has 0 spiro atoms. The molecular weight excluding hydrogens is 544 g/mol. The first kappa shape index (κ1) is 30.2. The predicted octanol–water partition coefficient (Wildman–Crippen LogP) is 4.89. The van der Waals surface area contributed by atoms with Crippen LogP contribution in [0, 0.1) is 0 Å². The topological polar surface area (TPSA) is 112 Å². The van der Waals surface area contributed by atoms with E-state index >= 15 is 0 Å². The van der Waals surface area contributed by atoms with Gasteiger partial charge in [-0.1, -0.05) is 36.4 Å². The van der Waals surface area contributed by atoms with E-state index in [1.165, 1.54) is 0 Å². The molecule has 0 unspecified atom stereocenters. The number of rotatable bonds is 14. The van der Waals surface area contributed by atoms with Gasteiger partial charge < -0.3 is 29.2 Å². The Bertz CT molecular complexity index is 1420. The second-order valence-electron chi connectivity index (χ2n) is 9.16. The fourth-order valence-corrected chi connectivity index (χ4v) is 5.69. The van der Waals surface area contributed by atoms with Crippen molar-refractivity contribution >= 4 is 9.84 Å². The van der Waals surface area contributed by atoms with Gasteiger partial charge in [0.1, 0.15) is 11.5 Å². The zero-order valence-electron chi connectivity index (χ0n) is 23.1. The van der Waals surface area contributed by atoms with Gasteiger partial charge in [0, 0.05) is 11.1 Å². The maximum atomic E-state index is 13.4. The highest BCUT2D eigenvalue weighted by Crippen LogP contribution is 2.31. The van der Waals surface area contributed by atoms with Crippen molar-refractivity contribution in [3.63, 3.8) is 0 Å². The van der Waals surface area contributed by atoms with Crippen molar-refractivity contribution in [1.29, 1.82) is 0 Å². The van der Waals surface area contributed by atoms with Gasteiger partial charge in [0.05, 0.1) is 63.7 Å². The highest BCUT2D eigenvalue weighted by molar-refractivity contribution is 7.91. The van der Waals surface area contributed by atoms with Crippen LogP contribution in [0.3, 0.4) is 0 Å². The molecule has 0 saturated carbocycles. The van der Waals surface area contributed by atoms with E-state index in [0.717, 1.165) is 33.4 Å². The molecule has 0 aliphatic carbocycles. The fraction of sp³-hybridized carbons (Fsp3) is 0.250. The third-order valence-electron chi connectivity index (χ3n) is 6.54. The van der Waals surface area contributed by atoms with Gasteiger partial charge in [-0.15, -0.1) is 0 Å². The molecule has 0 bridgehead atoms. The minimum absolute atomic E-state index is 0.0648. The van der Waals surface area contributed by atoms with Crippen LogP contribution in [0.25, 0.3) is 22.3 Å². The summed E-state index contributed by atoms with van der Waals surface area (Å²) in [5.41, 5.74) is 5.14. The molecule has 9 heteroatoms. The molecule has 0 amide bonds. The van der Waals surface area contributed by atoms with Gasteiger partial charge in [-0.2, -0.15) is 0 Å². The summed E-state index contributed by atoms with van der Waals surface area (Å²) in [6, 6.07) is 24.9. The highest BCUT2D eigenvalue weighted by Gasteiger charge is 2.18. The molecule has 0 aliphatic heterocycles. The smallest absolute Gasteiger partial charge is 0.206 e. The van der Waals surface area contributed by atoms with Crippen molar-refractivity contribution in [2.75, 3.05) is 40.6 Å².